The molecule has 9 N–H and O–H groups in total. The fourth-order valence-corrected chi connectivity index (χ4v) is 8.87. The Labute approximate surface area is 517 Å². The summed E-state index contributed by atoms with van der Waals surface area (Å²) in [5.74, 6) is 0.262. The number of epoxide rings is 2. The number of hydrogen-bond donors (Lipinski definition) is 9. The third-order valence-electron chi connectivity index (χ3n) is 15.3. The smallest absolute Gasteiger partial charge is 0.306 e. The van der Waals surface area contributed by atoms with E-state index < -0.39 is 11.6 Å². The zero-order chi connectivity index (χ0) is 66.6. The molecule has 2 rings (SSSR count). The Balaban J connectivity index is -0.000000464. The molecule has 17 nitrogen and oxygen atoms in total. The summed E-state index contributed by atoms with van der Waals surface area (Å²) in [5, 5.41) is 73.0. The van der Waals surface area contributed by atoms with E-state index in [1.807, 2.05) is 76.2 Å². The maximum atomic E-state index is 11.8. The molecule has 0 aromatic heterocycles. The highest BCUT2D eigenvalue weighted by molar-refractivity contribution is 5.95. The van der Waals surface area contributed by atoms with Gasteiger partial charge in [0.15, 0.2) is 11.6 Å². The van der Waals surface area contributed by atoms with Crippen molar-refractivity contribution in [2.45, 2.75) is 288 Å². The summed E-state index contributed by atoms with van der Waals surface area (Å²) in [6, 6.07) is 0. The molecular formula is C68H127N7O10. The van der Waals surface area contributed by atoms with E-state index in [0.29, 0.717) is 42.0 Å². The number of amides is 1. The van der Waals surface area contributed by atoms with Crippen LogP contribution in [0.2, 0.25) is 0 Å². The van der Waals surface area contributed by atoms with Crippen LogP contribution in [0.15, 0.2) is 24.3 Å². The lowest BCUT2D eigenvalue weighted by Crippen LogP contribution is -2.32. The van der Waals surface area contributed by atoms with E-state index in [0.717, 1.165) is 183 Å². The summed E-state index contributed by atoms with van der Waals surface area (Å²) in [7, 11) is 3.11. The Morgan fingerprint density at radius 1 is 0.506 bits per heavy atom. The van der Waals surface area contributed by atoms with Gasteiger partial charge in [0.2, 0.25) is 5.91 Å². The van der Waals surface area contributed by atoms with Crippen molar-refractivity contribution < 1.29 is 48.8 Å². The van der Waals surface area contributed by atoms with Crippen molar-refractivity contribution in [1.82, 2.24) is 5.06 Å². The van der Waals surface area contributed by atoms with Gasteiger partial charge in [-0.3, -0.25) is 24.0 Å². The van der Waals surface area contributed by atoms with Crippen LogP contribution in [0, 0.1) is 68.0 Å². The van der Waals surface area contributed by atoms with E-state index >= 15 is 0 Å². The number of aliphatic hydroxyl groups excluding tert-OH is 2. The lowest BCUT2D eigenvalue weighted by molar-refractivity contribution is -0.173. The summed E-state index contributed by atoms with van der Waals surface area (Å²) >= 11 is 0. The van der Waals surface area contributed by atoms with Gasteiger partial charge >= 0.3 is 5.97 Å². The molecule has 0 aromatic rings. The molecule has 10 atom stereocenters. The van der Waals surface area contributed by atoms with Crippen molar-refractivity contribution in [3.8, 4) is 0 Å². The van der Waals surface area contributed by atoms with Crippen LogP contribution in [0.3, 0.4) is 0 Å². The monoisotopic (exact) mass is 1200 g/mol. The van der Waals surface area contributed by atoms with E-state index in [1.165, 1.54) is 12.2 Å². The van der Waals surface area contributed by atoms with Crippen LogP contribution in [-0.2, 0) is 33.5 Å². The second-order valence-electron chi connectivity index (χ2n) is 25.4. The van der Waals surface area contributed by atoms with Crippen molar-refractivity contribution in [2.75, 3.05) is 27.4 Å². The van der Waals surface area contributed by atoms with Crippen molar-refractivity contribution in [1.29, 1.82) is 32.5 Å². The number of ketones is 2. The number of carboxylic acid groups (broad SMARTS) is 1. The van der Waals surface area contributed by atoms with Crippen molar-refractivity contribution in [3.63, 3.8) is 0 Å². The fourth-order valence-electron chi connectivity index (χ4n) is 8.87. The number of nitrogens with zero attached hydrogens (tertiary/aromatic N) is 1. The van der Waals surface area contributed by atoms with Gasteiger partial charge in [-0.1, -0.05) is 98.8 Å². The first-order valence-corrected chi connectivity index (χ1v) is 31.7. The van der Waals surface area contributed by atoms with Crippen LogP contribution in [-0.4, -0.2) is 129 Å². The Morgan fingerprint density at radius 2 is 0.812 bits per heavy atom. The molecule has 0 unspecified atom stereocenters. The number of nitrogens with one attached hydrogen (secondary N) is 6. The first kappa shape index (κ1) is 87.0. The van der Waals surface area contributed by atoms with Crippen LogP contribution >= 0.6 is 0 Å². The predicted molar refractivity (Wildman–Crippen MR) is 354 cm³/mol. The van der Waals surface area contributed by atoms with Gasteiger partial charge in [-0.25, -0.2) is 5.06 Å². The number of ether oxygens (including phenoxy) is 2. The number of hydroxylamine groups is 2. The quantitative estimate of drug-likeness (QED) is 0.00696. The molecule has 2 aliphatic rings. The number of aliphatic hydroxyl groups is 2. The first-order valence-electron chi connectivity index (χ1n) is 31.7. The minimum absolute atomic E-state index is 0.000916. The second kappa shape index (κ2) is 49.6. The molecule has 1 amide bonds. The third kappa shape index (κ3) is 50.3. The maximum Gasteiger partial charge on any atom is 0.306 e. The molecule has 0 saturated carbocycles. The lowest BCUT2D eigenvalue weighted by atomic mass is 9.89. The van der Waals surface area contributed by atoms with Gasteiger partial charge in [0.25, 0.3) is 0 Å². The van der Waals surface area contributed by atoms with Gasteiger partial charge in [0.05, 0.1) is 38.4 Å². The molecule has 0 aliphatic carbocycles. The van der Waals surface area contributed by atoms with Gasteiger partial charge in [-0.2, -0.15) is 0 Å². The second-order valence-corrected chi connectivity index (χ2v) is 25.4. The van der Waals surface area contributed by atoms with Gasteiger partial charge in [-0.15, -0.1) is 0 Å². The average Bonchev–Trinajstić information content (AvgIpc) is 4.58. The number of aliphatic carboxylic acids is 1. The molecule has 2 saturated heterocycles. The summed E-state index contributed by atoms with van der Waals surface area (Å²) in [6.07, 6.45) is 22.1. The Hall–Kier alpha value is -4.42. The zero-order valence-corrected chi connectivity index (χ0v) is 57.1. The van der Waals surface area contributed by atoms with E-state index in [-0.39, 0.29) is 59.0 Å². The Bertz CT molecular complexity index is 2010. The molecule has 2 heterocycles. The largest absolute Gasteiger partial charge is 0.481 e. The van der Waals surface area contributed by atoms with Crippen molar-refractivity contribution >= 4 is 57.7 Å². The lowest BCUT2D eigenvalue weighted by Gasteiger charge is -2.22. The average molecular weight is 1200 g/mol. The highest BCUT2D eigenvalue weighted by Crippen LogP contribution is 2.35. The van der Waals surface area contributed by atoms with Gasteiger partial charge in [0.1, 0.15) is 11.2 Å². The highest BCUT2D eigenvalue weighted by Gasteiger charge is 2.49. The van der Waals surface area contributed by atoms with Crippen molar-refractivity contribution in [2.24, 2.45) is 35.5 Å². The first-order chi connectivity index (χ1) is 39.3. The molecular weight excluding hydrogens is 1070 g/mol. The molecule has 85 heavy (non-hydrogen) atoms. The standard InChI is InChI=1S/C12H23NO2.C12H21NO2.C12H23NO.C12H21NO.C11H22N2O2.C9H17NO2/c2*1-9(6-4-5-7-10(2)13)11(14)12(3)8-15-12;2*1-9(2)12(14)10(3)7-5-6-8-11(4)13;1-9(11(14)13(3)15-4)7-5-6-8-10(2)12;1-7(9(11)12)5-3-4-6-8(2)10/h9,11,13-14H,4-8H2,1-3H3;9,13H,4-8H2,1-3H3;10,12-14H,1,5-8H2,2-4H3;10,13H,1,5-8H2,2-4H3;9,12H,5-8H2,1-4H3;7,10H,3-6H2,1-2H3,(H,11,12)/t9-,11-,12+;9-,12+;10-,12+;10-;9-;7-/m000000/s1. The molecule has 0 bridgehead atoms. The number of unbranched alkanes of at least 4 members (excludes halogenated alkanes) is 6. The molecule has 2 fully saturated rings. The molecule has 0 spiro atoms. The SMILES string of the molecule is C=C(C)C(=O)[C@@H](C)CCCCC(C)=N.C=C(C)[C@@H](O)[C@@H](C)CCCCC(C)=N.CC(=N)CCCC[C@H](C)C(=O)O.CC(=N)CCCC[C@H](C)C(=O)[C@@]1(C)CO1.CC(=N)CCCC[C@H](C)[C@H](O)[C@@]1(C)CO1.CON(C)C(=O)[C@@H](C)CCCCC(C)=N. The molecule has 494 valence electrons. The van der Waals surface area contributed by atoms with E-state index in [4.69, 9.17) is 51.9 Å². The van der Waals surface area contributed by atoms with Crippen molar-refractivity contribution in [3.05, 3.63) is 24.3 Å². The van der Waals surface area contributed by atoms with Gasteiger partial charge in [-0.05, 0) is 202 Å². The van der Waals surface area contributed by atoms with Gasteiger partial charge in [0, 0.05) is 59.1 Å². The molecule has 2 aliphatic heterocycles. The molecule has 0 radical (unpaired) electrons. The number of rotatable bonds is 41. The van der Waals surface area contributed by atoms with Gasteiger partial charge < -0.3 is 57.2 Å². The molecule has 17 heteroatoms. The van der Waals surface area contributed by atoms with E-state index in [1.54, 1.807) is 27.8 Å². The number of carboxylic acids is 1. The summed E-state index contributed by atoms with van der Waals surface area (Å²) in [4.78, 5) is 50.0. The number of hydrogen-bond acceptors (Lipinski definition) is 15. The number of allylic oxidation sites excluding steroid dienone is 1. The van der Waals surface area contributed by atoms with Crippen LogP contribution in [0.4, 0.5) is 0 Å². The molecule has 0 aromatic carbocycles. The predicted octanol–water partition coefficient (Wildman–Crippen LogP) is 16.0. The summed E-state index contributed by atoms with van der Waals surface area (Å²) < 4.78 is 10.4. The van der Waals surface area contributed by atoms with Crippen LogP contribution in [0.5, 0.6) is 0 Å². The number of carbonyl (C=O) groups excluding carboxylic acids is 3. The third-order valence-corrected chi connectivity index (χ3v) is 15.3. The van der Waals surface area contributed by atoms with Crippen LogP contribution in [0.1, 0.15) is 265 Å². The summed E-state index contributed by atoms with van der Waals surface area (Å²) in [6.45, 7) is 38.8. The van der Waals surface area contributed by atoms with E-state index in [9.17, 15) is 29.4 Å². The minimum Gasteiger partial charge on any atom is -0.481 e. The maximum absolute atomic E-state index is 11.8. The number of Topliss-reactive ketones (excluding diaryl/α,β-unsaturated/α-hetero) is 2. The van der Waals surface area contributed by atoms with Crippen LogP contribution < -0.4 is 0 Å². The Morgan fingerprint density at radius 3 is 1.09 bits per heavy atom. The van der Waals surface area contributed by atoms with E-state index in [2.05, 4.69) is 27.0 Å². The highest BCUT2D eigenvalue weighted by atomic mass is 16.7. The summed E-state index contributed by atoms with van der Waals surface area (Å²) in [5.41, 5.74) is 5.12. The zero-order valence-electron chi connectivity index (χ0n) is 57.1. The Kier molecular flexibility index (Phi) is 50.7. The van der Waals surface area contributed by atoms with Crippen LogP contribution in [0.25, 0.3) is 0 Å². The fraction of sp³-hybridized carbons (Fsp3) is 0.794. The topological polar surface area (TPSA) is 310 Å². The number of carbonyl (C=O) groups is 4. The normalized spacial score (nSPS) is 18.0. The minimum atomic E-state index is -0.721.